The first kappa shape index (κ1) is 12.1. The van der Waals surface area contributed by atoms with E-state index in [0.717, 1.165) is 6.04 Å². The van der Waals surface area contributed by atoms with Gasteiger partial charge in [-0.25, -0.2) is 0 Å². The predicted octanol–water partition coefficient (Wildman–Crippen LogP) is 2.05. The molecule has 12 heavy (non-hydrogen) atoms. The van der Waals surface area contributed by atoms with Gasteiger partial charge in [0, 0.05) is 25.9 Å². The van der Waals surface area contributed by atoms with Crippen LogP contribution in [0.25, 0.3) is 0 Å². The number of rotatable bonds is 7. The van der Waals surface area contributed by atoms with Crippen LogP contribution < -0.4 is 0 Å². The van der Waals surface area contributed by atoms with Gasteiger partial charge in [0.25, 0.3) is 0 Å². The minimum Gasteiger partial charge on any atom is -0.374 e. The number of hydrogen-bond acceptors (Lipinski definition) is 3. The molecule has 0 bridgehead atoms. The fourth-order valence-electron chi connectivity index (χ4n) is 1.09. The molecule has 0 atom stereocenters. The zero-order valence-electron chi connectivity index (χ0n) is 8.55. The monoisotopic (exact) mass is 192 g/mol. The molecule has 0 N–H and O–H groups in total. The van der Waals surface area contributed by atoms with Gasteiger partial charge in [-0.1, -0.05) is 6.92 Å². The van der Waals surface area contributed by atoms with E-state index in [1.807, 2.05) is 27.7 Å². The lowest BCUT2D eigenvalue weighted by Crippen LogP contribution is -2.45. The Hall–Kier alpha value is 0.0969. The highest BCUT2D eigenvalue weighted by atomic mass is 28.4. The average Bonchev–Trinajstić information content (AvgIpc) is 2.06. The van der Waals surface area contributed by atoms with Crippen LogP contribution in [0.2, 0.25) is 6.04 Å². The standard InChI is InChI=1S/C8H20O3Si/c1-5-9-12(8-4,10-6-2)11-7-3/h5-8H2,1-4H3. The van der Waals surface area contributed by atoms with Crippen LogP contribution in [0.15, 0.2) is 0 Å². The van der Waals surface area contributed by atoms with Gasteiger partial charge >= 0.3 is 8.80 Å². The summed E-state index contributed by atoms with van der Waals surface area (Å²) in [5.74, 6) is 0. The van der Waals surface area contributed by atoms with Crippen LogP contribution in [0.1, 0.15) is 27.7 Å². The molecule has 0 aliphatic heterocycles. The molecule has 0 spiro atoms. The molecule has 0 amide bonds. The predicted molar refractivity (Wildman–Crippen MR) is 51.1 cm³/mol. The maximum Gasteiger partial charge on any atom is 0.500 e. The Labute approximate surface area is 76.4 Å². The fraction of sp³-hybridized carbons (Fsp3) is 1.00. The van der Waals surface area contributed by atoms with E-state index in [1.54, 1.807) is 0 Å². The van der Waals surface area contributed by atoms with Crippen molar-refractivity contribution in [2.75, 3.05) is 19.8 Å². The summed E-state index contributed by atoms with van der Waals surface area (Å²) >= 11 is 0. The molecule has 3 nitrogen and oxygen atoms in total. The number of hydrogen-bond donors (Lipinski definition) is 0. The minimum atomic E-state index is -2.27. The van der Waals surface area contributed by atoms with Crippen molar-refractivity contribution in [2.24, 2.45) is 0 Å². The lowest BCUT2D eigenvalue weighted by Gasteiger charge is -2.26. The molecular weight excluding hydrogens is 172 g/mol. The van der Waals surface area contributed by atoms with Gasteiger partial charge in [-0.05, 0) is 20.8 Å². The van der Waals surface area contributed by atoms with Gasteiger partial charge in [-0.3, -0.25) is 0 Å². The van der Waals surface area contributed by atoms with Gasteiger partial charge in [0.05, 0.1) is 0 Å². The highest BCUT2D eigenvalue weighted by Crippen LogP contribution is 2.14. The molecule has 0 fully saturated rings. The molecule has 0 unspecified atom stereocenters. The van der Waals surface area contributed by atoms with Crippen LogP contribution in [0.4, 0.5) is 0 Å². The van der Waals surface area contributed by atoms with E-state index in [2.05, 4.69) is 0 Å². The summed E-state index contributed by atoms with van der Waals surface area (Å²) in [6.07, 6.45) is 0. The normalized spacial score (nSPS) is 12.0. The summed E-state index contributed by atoms with van der Waals surface area (Å²) in [6.45, 7) is 9.95. The molecular formula is C8H20O3Si. The molecule has 0 aromatic rings. The van der Waals surface area contributed by atoms with Gasteiger partial charge in [0.2, 0.25) is 0 Å². The molecule has 0 saturated heterocycles. The van der Waals surface area contributed by atoms with Crippen LogP contribution in [0.3, 0.4) is 0 Å². The van der Waals surface area contributed by atoms with Crippen molar-refractivity contribution in [2.45, 2.75) is 33.7 Å². The Morgan fingerprint density at radius 2 is 1.08 bits per heavy atom. The SMILES string of the molecule is CCO[Si](CC)(OCC)OCC. The molecule has 0 aromatic carbocycles. The third-order valence-corrected chi connectivity index (χ3v) is 4.58. The van der Waals surface area contributed by atoms with Gasteiger partial charge in [-0.2, -0.15) is 0 Å². The molecule has 74 valence electrons. The largest absolute Gasteiger partial charge is 0.500 e. The van der Waals surface area contributed by atoms with Crippen LogP contribution in [-0.4, -0.2) is 28.6 Å². The maximum absolute atomic E-state index is 5.55. The first-order chi connectivity index (χ1) is 5.74. The third kappa shape index (κ3) is 3.67. The van der Waals surface area contributed by atoms with Gasteiger partial charge < -0.3 is 13.3 Å². The summed E-state index contributed by atoms with van der Waals surface area (Å²) in [7, 11) is -2.27. The minimum absolute atomic E-state index is 0.667. The van der Waals surface area contributed by atoms with E-state index in [1.165, 1.54) is 0 Å². The average molecular weight is 192 g/mol. The van der Waals surface area contributed by atoms with E-state index >= 15 is 0 Å². The van der Waals surface area contributed by atoms with Crippen molar-refractivity contribution in [1.82, 2.24) is 0 Å². The summed E-state index contributed by atoms with van der Waals surface area (Å²) in [4.78, 5) is 0. The quantitative estimate of drug-likeness (QED) is 0.578. The topological polar surface area (TPSA) is 27.7 Å². The Kier molecular flexibility index (Phi) is 6.65. The highest BCUT2D eigenvalue weighted by molar-refractivity contribution is 6.60. The Morgan fingerprint density at radius 3 is 1.25 bits per heavy atom. The van der Waals surface area contributed by atoms with Crippen molar-refractivity contribution < 1.29 is 13.3 Å². The highest BCUT2D eigenvalue weighted by Gasteiger charge is 2.37. The summed E-state index contributed by atoms with van der Waals surface area (Å²) in [5.41, 5.74) is 0. The summed E-state index contributed by atoms with van der Waals surface area (Å²) in [6, 6.07) is 0.850. The smallest absolute Gasteiger partial charge is 0.374 e. The Balaban J connectivity index is 4.06. The molecule has 0 aliphatic rings. The van der Waals surface area contributed by atoms with Crippen molar-refractivity contribution in [3.63, 3.8) is 0 Å². The molecule has 0 saturated carbocycles. The Morgan fingerprint density at radius 1 is 0.750 bits per heavy atom. The molecule has 0 aliphatic carbocycles. The second-order valence-corrected chi connectivity index (χ2v) is 5.27. The van der Waals surface area contributed by atoms with Crippen molar-refractivity contribution in [1.29, 1.82) is 0 Å². The molecule has 0 heterocycles. The molecule has 0 rings (SSSR count). The fourth-order valence-corrected chi connectivity index (χ4v) is 3.27. The first-order valence-electron chi connectivity index (χ1n) is 4.66. The van der Waals surface area contributed by atoms with Gasteiger partial charge in [0.1, 0.15) is 0 Å². The van der Waals surface area contributed by atoms with Crippen LogP contribution in [0, 0.1) is 0 Å². The first-order valence-corrected chi connectivity index (χ1v) is 6.59. The van der Waals surface area contributed by atoms with Crippen LogP contribution in [-0.2, 0) is 13.3 Å². The van der Waals surface area contributed by atoms with Crippen LogP contribution >= 0.6 is 0 Å². The second-order valence-electron chi connectivity index (χ2n) is 2.34. The molecule has 0 radical (unpaired) electrons. The lowest BCUT2D eigenvalue weighted by molar-refractivity contribution is 0.0725. The van der Waals surface area contributed by atoms with E-state index in [4.69, 9.17) is 13.3 Å². The van der Waals surface area contributed by atoms with Gasteiger partial charge in [0.15, 0.2) is 0 Å². The van der Waals surface area contributed by atoms with Gasteiger partial charge in [-0.15, -0.1) is 0 Å². The molecule has 0 aromatic heterocycles. The maximum atomic E-state index is 5.55. The summed E-state index contributed by atoms with van der Waals surface area (Å²) in [5, 5.41) is 0. The van der Waals surface area contributed by atoms with E-state index in [0.29, 0.717) is 19.8 Å². The second kappa shape index (κ2) is 6.60. The van der Waals surface area contributed by atoms with E-state index in [9.17, 15) is 0 Å². The summed E-state index contributed by atoms with van der Waals surface area (Å²) < 4.78 is 16.7. The van der Waals surface area contributed by atoms with Crippen molar-refractivity contribution in [3.05, 3.63) is 0 Å². The zero-order valence-corrected chi connectivity index (χ0v) is 9.55. The zero-order chi connectivity index (χ0) is 9.45. The van der Waals surface area contributed by atoms with Crippen molar-refractivity contribution in [3.8, 4) is 0 Å². The van der Waals surface area contributed by atoms with E-state index < -0.39 is 8.80 Å². The van der Waals surface area contributed by atoms with Crippen molar-refractivity contribution >= 4 is 8.80 Å². The van der Waals surface area contributed by atoms with Crippen LogP contribution in [0.5, 0.6) is 0 Å². The molecule has 4 heteroatoms. The lowest BCUT2D eigenvalue weighted by atomic mass is 10.9. The van der Waals surface area contributed by atoms with E-state index in [-0.39, 0.29) is 0 Å². The third-order valence-electron chi connectivity index (χ3n) is 1.53. The Bertz CT molecular complexity index is 91.5.